The fraction of sp³-hybridized carbons (Fsp3) is 0.630. The molecule has 1 heterocycles. The van der Waals surface area contributed by atoms with Gasteiger partial charge in [-0.05, 0) is 61.0 Å². The van der Waals surface area contributed by atoms with E-state index in [1.807, 2.05) is 13.0 Å². The summed E-state index contributed by atoms with van der Waals surface area (Å²) >= 11 is 0. The van der Waals surface area contributed by atoms with Crippen LogP contribution < -0.4 is 0 Å². The number of aliphatic hydroxyl groups excluding tert-OH is 1. The highest BCUT2D eigenvalue weighted by Gasteiger charge is 2.68. The molecule has 5 rings (SSSR count). The standard InChI is InChI=1S/C27H33N3O8/c1-25-8-5-17(31)13-16(25)3-4-18-19-6-9-27(35,26(19,2)14-20(32)23(18)25)21(33)15-38-22(34)7-11-29-12-10-28-24(29)30(36)37/h5,8,10,12-13,18-20,23,32,35H,3-4,6-7,9,11,14-15H2,1-2H3/t18-,19-,20-,23+,25-,26-,27-/m0/s1. The third kappa shape index (κ3) is 3.94. The lowest BCUT2D eigenvalue weighted by Gasteiger charge is -2.59. The maximum atomic E-state index is 13.3. The van der Waals surface area contributed by atoms with Gasteiger partial charge < -0.3 is 25.1 Å². The zero-order chi connectivity index (χ0) is 27.5. The van der Waals surface area contributed by atoms with E-state index in [-0.39, 0.29) is 49.3 Å². The van der Waals surface area contributed by atoms with Crippen LogP contribution in [0.4, 0.5) is 5.95 Å². The molecule has 11 heteroatoms. The number of aryl methyl sites for hydroxylation is 1. The SMILES string of the molecule is C[C@]12C=CC(=O)C=C1CC[C@@H]1[C@@H]2[C@@H](O)C[C@@]2(C)[C@H]1CC[C@]2(O)C(=O)COC(=O)CCn1ccnc1[N+](=O)[O-]. The molecule has 0 aromatic carbocycles. The smallest absolute Gasteiger partial charge is 0.434 e. The van der Waals surface area contributed by atoms with Crippen LogP contribution in [0.15, 0.2) is 36.2 Å². The molecular formula is C27H33N3O8. The molecule has 3 fully saturated rings. The Labute approximate surface area is 219 Å². The van der Waals surface area contributed by atoms with Crippen LogP contribution in [0.2, 0.25) is 0 Å². The Hall–Kier alpha value is -3.18. The average molecular weight is 528 g/mol. The van der Waals surface area contributed by atoms with Crippen molar-refractivity contribution in [3.05, 3.63) is 46.3 Å². The number of ketones is 2. The predicted octanol–water partition coefficient (Wildman–Crippen LogP) is 2.30. The Balaban J connectivity index is 1.26. The molecule has 1 aromatic heterocycles. The minimum atomic E-state index is -1.75. The van der Waals surface area contributed by atoms with Gasteiger partial charge in [-0.15, -0.1) is 0 Å². The van der Waals surface area contributed by atoms with Crippen molar-refractivity contribution < 1.29 is 34.3 Å². The van der Waals surface area contributed by atoms with E-state index in [9.17, 15) is 34.7 Å². The molecule has 204 valence electrons. The monoisotopic (exact) mass is 527 g/mol. The number of rotatable bonds is 7. The zero-order valence-corrected chi connectivity index (χ0v) is 21.5. The van der Waals surface area contributed by atoms with Gasteiger partial charge in [0.15, 0.2) is 12.4 Å². The molecule has 4 aliphatic carbocycles. The molecule has 0 aliphatic heterocycles. The van der Waals surface area contributed by atoms with E-state index in [1.54, 1.807) is 12.2 Å². The van der Waals surface area contributed by atoms with Crippen molar-refractivity contribution in [3.8, 4) is 0 Å². The number of fused-ring (bicyclic) bond motifs is 5. The minimum absolute atomic E-state index is 0.00764. The summed E-state index contributed by atoms with van der Waals surface area (Å²) in [6, 6.07) is 0. The molecule has 0 amide bonds. The highest BCUT2D eigenvalue weighted by atomic mass is 16.6. The second-order valence-corrected chi connectivity index (χ2v) is 11.6. The second kappa shape index (κ2) is 9.23. The quantitative estimate of drug-likeness (QED) is 0.308. The number of carbonyl (C=O) groups is 3. The molecule has 2 N–H and O–H groups in total. The zero-order valence-electron chi connectivity index (χ0n) is 21.5. The maximum Gasteiger partial charge on any atom is 0.434 e. The highest BCUT2D eigenvalue weighted by molar-refractivity contribution is 6.01. The minimum Gasteiger partial charge on any atom is -0.457 e. The summed E-state index contributed by atoms with van der Waals surface area (Å²) in [6.07, 6.45) is 9.39. The van der Waals surface area contributed by atoms with Crippen LogP contribution in [-0.4, -0.2) is 60.5 Å². The molecular weight excluding hydrogens is 494 g/mol. The molecule has 0 spiro atoms. The number of carbonyl (C=O) groups excluding carboxylic acids is 3. The molecule has 3 saturated carbocycles. The summed E-state index contributed by atoms with van der Waals surface area (Å²) < 4.78 is 6.38. The Bertz CT molecular complexity index is 1250. The van der Waals surface area contributed by atoms with Gasteiger partial charge in [-0.1, -0.05) is 30.5 Å². The normalized spacial score (nSPS) is 37.6. The van der Waals surface area contributed by atoms with Gasteiger partial charge in [0.2, 0.25) is 5.78 Å². The second-order valence-electron chi connectivity index (χ2n) is 11.6. The first-order valence-corrected chi connectivity index (χ1v) is 13.1. The van der Waals surface area contributed by atoms with Gasteiger partial charge in [-0.3, -0.25) is 14.4 Å². The number of hydrogen-bond acceptors (Lipinski definition) is 9. The number of esters is 1. The van der Waals surface area contributed by atoms with Gasteiger partial charge >= 0.3 is 11.9 Å². The van der Waals surface area contributed by atoms with Crippen LogP contribution in [0, 0.1) is 38.7 Å². The van der Waals surface area contributed by atoms with Gasteiger partial charge in [0.1, 0.15) is 18.0 Å². The third-order valence-corrected chi connectivity index (χ3v) is 9.89. The molecule has 0 bridgehead atoms. The van der Waals surface area contributed by atoms with E-state index in [0.29, 0.717) is 6.42 Å². The van der Waals surface area contributed by atoms with Gasteiger partial charge in [0, 0.05) is 16.7 Å². The largest absolute Gasteiger partial charge is 0.457 e. The lowest BCUT2D eigenvalue weighted by atomic mass is 9.46. The van der Waals surface area contributed by atoms with E-state index in [4.69, 9.17) is 4.74 Å². The molecule has 0 saturated heterocycles. The number of aliphatic hydroxyl groups is 2. The van der Waals surface area contributed by atoms with Crippen molar-refractivity contribution in [2.24, 2.45) is 28.6 Å². The van der Waals surface area contributed by atoms with E-state index < -0.39 is 51.8 Å². The third-order valence-electron chi connectivity index (χ3n) is 9.89. The van der Waals surface area contributed by atoms with Crippen molar-refractivity contribution in [2.45, 2.75) is 70.6 Å². The van der Waals surface area contributed by atoms with Crippen LogP contribution in [-0.2, 0) is 25.7 Å². The van der Waals surface area contributed by atoms with Crippen LogP contribution >= 0.6 is 0 Å². The van der Waals surface area contributed by atoms with Gasteiger partial charge in [-0.2, -0.15) is 0 Å². The van der Waals surface area contributed by atoms with Gasteiger partial charge in [0.05, 0.1) is 19.1 Å². The molecule has 4 aliphatic rings. The first-order chi connectivity index (χ1) is 17.9. The van der Waals surface area contributed by atoms with Gasteiger partial charge in [-0.25, -0.2) is 4.57 Å². The molecule has 1 aromatic rings. The van der Waals surface area contributed by atoms with E-state index >= 15 is 0 Å². The average Bonchev–Trinajstić information content (AvgIpc) is 3.44. The topological polar surface area (TPSA) is 162 Å². The number of imidazole rings is 1. The van der Waals surface area contributed by atoms with E-state index in [0.717, 1.165) is 18.4 Å². The fourth-order valence-electron chi connectivity index (χ4n) is 7.99. The summed E-state index contributed by atoms with van der Waals surface area (Å²) in [5, 5.41) is 34.1. The Morgan fingerprint density at radius 3 is 2.82 bits per heavy atom. The lowest BCUT2D eigenvalue weighted by Crippen LogP contribution is -2.61. The highest BCUT2D eigenvalue weighted by Crippen LogP contribution is 2.67. The number of nitrogens with zero attached hydrogens (tertiary/aromatic N) is 3. The van der Waals surface area contributed by atoms with Crippen LogP contribution in [0.5, 0.6) is 0 Å². The first-order valence-electron chi connectivity index (χ1n) is 13.1. The Kier molecular flexibility index (Phi) is 6.42. The molecule has 0 unspecified atom stereocenters. The number of nitro groups is 1. The molecule has 11 nitrogen and oxygen atoms in total. The van der Waals surface area contributed by atoms with Crippen LogP contribution in [0.1, 0.15) is 52.4 Å². The molecule has 38 heavy (non-hydrogen) atoms. The first kappa shape index (κ1) is 26.4. The van der Waals surface area contributed by atoms with Gasteiger partial charge in [0.25, 0.3) is 0 Å². The number of ether oxygens (including phenoxy) is 1. The van der Waals surface area contributed by atoms with Crippen molar-refractivity contribution in [1.29, 1.82) is 0 Å². The Morgan fingerprint density at radius 1 is 1.32 bits per heavy atom. The number of aromatic nitrogens is 2. The summed E-state index contributed by atoms with van der Waals surface area (Å²) in [5.74, 6) is -1.80. The lowest BCUT2D eigenvalue weighted by molar-refractivity contribution is -0.396. The summed E-state index contributed by atoms with van der Waals surface area (Å²) in [7, 11) is 0. The number of allylic oxidation sites excluding steroid dienone is 4. The van der Waals surface area contributed by atoms with Crippen molar-refractivity contribution in [1.82, 2.24) is 9.55 Å². The maximum absolute atomic E-state index is 13.3. The summed E-state index contributed by atoms with van der Waals surface area (Å²) in [5.41, 5.74) is -2.05. The van der Waals surface area contributed by atoms with Crippen molar-refractivity contribution >= 4 is 23.5 Å². The number of Topliss-reactive ketones (excluding diaryl/α,β-unsaturated/α-hetero) is 1. The van der Waals surface area contributed by atoms with Crippen LogP contribution in [0.3, 0.4) is 0 Å². The van der Waals surface area contributed by atoms with E-state index in [2.05, 4.69) is 11.9 Å². The number of hydrogen-bond donors (Lipinski definition) is 2. The van der Waals surface area contributed by atoms with Crippen molar-refractivity contribution in [2.75, 3.05) is 6.61 Å². The van der Waals surface area contributed by atoms with Crippen LogP contribution in [0.25, 0.3) is 0 Å². The van der Waals surface area contributed by atoms with E-state index in [1.165, 1.54) is 17.0 Å². The van der Waals surface area contributed by atoms with Crippen molar-refractivity contribution in [3.63, 3.8) is 0 Å². The molecule has 0 radical (unpaired) electrons. The fourth-order valence-corrected chi connectivity index (χ4v) is 7.99. The predicted molar refractivity (Wildman–Crippen MR) is 132 cm³/mol. The molecule has 7 atom stereocenters. The summed E-state index contributed by atoms with van der Waals surface area (Å²) in [6.45, 7) is 3.28. The summed E-state index contributed by atoms with van der Waals surface area (Å²) in [4.78, 5) is 51.6. The Morgan fingerprint density at radius 2 is 2.08 bits per heavy atom.